The van der Waals surface area contributed by atoms with Crippen molar-refractivity contribution in [3.05, 3.63) is 90.0 Å². The highest BCUT2D eigenvalue weighted by atomic mass is 16.2. The number of hydrazine groups is 1. The van der Waals surface area contributed by atoms with Gasteiger partial charge in [-0.25, -0.2) is 15.0 Å². The van der Waals surface area contributed by atoms with Crippen molar-refractivity contribution < 1.29 is 4.79 Å². The van der Waals surface area contributed by atoms with Crippen molar-refractivity contribution >= 4 is 5.91 Å². The predicted molar refractivity (Wildman–Crippen MR) is 120 cm³/mol. The Hall–Kier alpha value is -3.91. The number of benzene rings is 2. The van der Waals surface area contributed by atoms with Crippen LogP contribution < -0.4 is 0 Å². The highest BCUT2D eigenvalue weighted by Crippen LogP contribution is 2.24. The van der Waals surface area contributed by atoms with Gasteiger partial charge in [0.05, 0.1) is 23.6 Å². The van der Waals surface area contributed by atoms with E-state index in [2.05, 4.69) is 37.3 Å². The van der Waals surface area contributed by atoms with Crippen LogP contribution in [0.5, 0.6) is 0 Å². The van der Waals surface area contributed by atoms with E-state index in [9.17, 15) is 4.79 Å². The van der Waals surface area contributed by atoms with Crippen molar-refractivity contribution in [2.24, 2.45) is 0 Å². The van der Waals surface area contributed by atoms with Gasteiger partial charge < -0.3 is 0 Å². The number of hydrogen-bond donors (Lipinski definition) is 0. The van der Waals surface area contributed by atoms with Crippen molar-refractivity contribution in [1.29, 1.82) is 0 Å². The Morgan fingerprint density at radius 2 is 1.75 bits per heavy atom. The van der Waals surface area contributed by atoms with E-state index >= 15 is 0 Å². The normalized spacial score (nSPS) is 14.1. The van der Waals surface area contributed by atoms with E-state index in [4.69, 9.17) is 0 Å². The molecule has 1 aliphatic rings. The lowest BCUT2D eigenvalue weighted by Crippen LogP contribution is -2.41. The van der Waals surface area contributed by atoms with Crippen LogP contribution in [0.4, 0.5) is 0 Å². The lowest BCUT2D eigenvalue weighted by atomic mass is 10.1. The molecular weight excluding hydrogens is 402 g/mol. The van der Waals surface area contributed by atoms with Gasteiger partial charge in [-0.15, -0.1) is 0 Å². The Labute approximate surface area is 186 Å². The first kappa shape index (κ1) is 20.0. The molecule has 32 heavy (non-hydrogen) atoms. The van der Waals surface area contributed by atoms with Crippen molar-refractivity contribution in [1.82, 2.24) is 35.0 Å². The van der Waals surface area contributed by atoms with Crippen LogP contribution in [0.2, 0.25) is 0 Å². The molecule has 2 aromatic carbocycles. The van der Waals surface area contributed by atoms with E-state index in [-0.39, 0.29) is 5.91 Å². The maximum Gasteiger partial charge on any atom is 0.270 e. The molecule has 1 aliphatic heterocycles. The number of amides is 1. The molecule has 0 spiro atoms. The van der Waals surface area contributed by atoms with Gasteiger partial charge in [0, 0.05) is 37.6 Å². The number of carbonyl (C=O) groups is 1. The molecule has 0 atom stereocenters. The standard InChI is InChI=1S/C24H23N7O/c1-18-7-8-22(31-27-11-12-28-31)21(15-18)24(32)30-14-4-13-29(30)17-19-5-2-6-20(16-19)23-25-9-3-10-26-23/h2-3,5-12,15-16H,4,13-14,17H2,1H3. The Morgan fingerprint density at radius 1 is 0.938 bits per heavy atom. The summed E-state index contributed by atoms with van der Waals surface area (Å²) < 4.78 is 0. The smallest absolute Gasteiger partial charge is 0.270 e. The lowest BCUT2D eigenvalue weighted by molar-refractivity contribution is 0.0170. The zero-order chi connectivity index (χ0) is 21.9. The van der Waals surface area contributed by atoms with Crippen LogP contribution in [0.3, 0.4) is 0 Å². The fraction of sp³-hybridized carbons (Fsp3) is 0.208. The van der Waals surface area contributed by atoms with Gasteiger partial charge in [0.2, 0.25) is 0 Å². The van der Waals surface area contributed by atoms with Gasteiger partial charge in [0.1, 0.15) is 0 Å². The SMILES string of the molecule is Cc1ccc(-n2nccn2)c(C(=O)N2CCCN2Cc2cccc(-c3ncccn3)c2)c1. The summed E-state index contributed by atoms with van der Waals surface area (Å²) in [5.74, 6) is 0.654. The first-order valence-electron chi connectivity index (χ1n) is 10.6. The Balaban J connectivity index is 1.41. The summed E-state index contributed by atoms with van der Waals surface area (Å²) >= 11 is 0. The lowest BCUT2D eigenvalue weighted by Gasteiger charge is -2.29. The molecule has 3 heterocycles. The van der Waals surface area contributed by atoms with Crippen molar-refractivity contribution in [2.45, 2.75) is 19.9 Å². The summed E-state index contributed by atoms with van der Waals surface area (Å²) in [7, 11) is 0. The summed E-state index contributed by atoms with van der Waals surface area (Å²) in [6.45, 7) is 4.11. The Kier molecular flexibility index (Phi) is 5.43. The quantitative estimate of drug-likeness (QED) is 0.488. The maximum absolute atomic E-state index is 13.6. The van der Waals surface area contributed by atoms with Crippen LogP contribution in [0.15, 0.2) is 73.3 Å². The third kappa shape index (κ3) is 4.00. The van der Waals surface area contributed by atoms with E-state index in [1.165, 1.54) is 4.80 Å². The van der Waals surface area contributed by atoms with Crippen LogP contribution in [0.1, 0.15) is 27.9 Å². The largest absolute Gasteiger partial charge is 0.271 e. The highest BCUT2D eigenvalue weighted by Gasteiger charge is 2.29. The zero-order valence-electron chi connectivity index (χ0n) is 17.8. The van der Waals surface area contributed by atoms with Gasteiger partial charge in [-0.05, 0) is 43.2 Å². The zero-order valence-corrected chi connectivity index (χ0v) is 17.8. The second-order valence-electron chi connectivity index (χ2n) is 7.78. The minimum Gasteiger partial charge on any atom is -0.271 e. The summed E-state index contributed by atoms with van der Waals surface area (Å²) in [5.41, 5.74) is 4.37. The van der Waals surface area contributed by atoms with E-state index in [1.807, 2.05) is 42.3 Å². The Bertz CT molecular complexity index is 1220. The van der Waals surface area contributed by atoms with Gasteiger partial charge in [-0.1, -0.05) is 29.8 Å². The minimum atomic E-state index is -0.0407. The molecule has 0 bridgehead atoms. The van der Waals surface area contributed by atoms with Crippen molar-refractivity contribution in [2.75, 3.05) is 13.1 Å². The molecule has 1 saturated heterocycles. The molecule has 0 unspecified atom stereocenters. The molecule has 0 N–H and O–H groups in total. The number of carbonyl (C=O) groups excluding carboxylic acids is 1. The van der Waals surface area contributed by atoms with Crippen molar-refractivity contribution in [3.63, 3.8) is 0 Å². The van der Waals surface area contributed by atoms with E-state index in [0.29, 0.717) is 30.2 Å². The monoisotopic (exact) mass is 425 g/mol. The van der Waals surface area contributed by atoms with Gasteiger partial charge in [0.15, 0.2) is 5.82 Å². The summed E-state index contributed by atoms with van der Waals surface area (Å²) in [6.07, 6.45) is 7.63. The van der Waals surface area contributed by atoms with E-state index in [0.717, 1.165) is 29.7 Å². The second kappa shape index (κ2) is 8.68. The molecule has 0 radical (unpaired) electrons. The van der Waals surface area contributed by atoms with Gasteiger partial charge in [-0.2, -0.15) is 15.0 Å². The molecule has 160 valence electrons. The van der Waals surface area contributed by atoms with Crippen LogP contribution in [-0.4, -0.2) is 54.0 Å². The number of aryl methyl sites for hydroxylation is 1. The molecule has 4 aromatic rings. The molecule has 8 heteroatoms. The molecule has 8 nitrogen and oxygen atoms in total. The average molecular weight is 425 g/mol. The second-order valence-corrected chi connectivity index (χ2v) is 7.78. The highest BCUT2D eigenvalue weighted by molar-refractivity contribution is 5.97. The number of hydrogen-bond acceptors (Lipinski definition) is 6. The van der Waals surface area contributed by atoms with Crippen LogP contribution in [-0.2, 0) is 6.54 Å². The van der Waals surface area contributed by atoms with Gasteiger partial charge in [-0.3, -0.25) is 9.80 Å². The average Bonchev–Trinajstić information content (AvgIpc) is 3.52. The fourth-order valence-corrected chi connectivity index (χ4v) is 4.00. The first-order valence-corrected chi connectivity index (χ1v) is 10.6. The number of rotatable bonds is 5. The predicted octanol–water partition coefficient (Wildman–Crippen LogP) is 3.30. The number of aromatic nitrogens is 5. The summed E-state index contributed by atoms with van der Waals surface area (Å²) in [6, 6.07) is 15.7. The summed E-state index contributed by atoms with van der Waals surface area (Å²) in [4.78, 5) is 23.8. The molecule has 1 amide bonds. The number of nitrogens with zero attached hydrogens (tertiary/aromatic N) is 7. The minimum absolute atomic E-state index is 0.0407. The Morgan fingerprint density at radius 3 is 2.56 bits per heavy atom. The van der Waals surface area contributed by atoms with Crippen LogP contribution in [0.25, 0.3) is 17.1 Å². The third-order valence-electron chi connectivity index (χ3n) is 5.49. The molecule has 5 rings (SSSR count). The molecule has 2 aromatic heterocycles. The molecule has 1 fully saturated rings. The fourth-order valence-electron chi connectivity index (χ4n) is 4.00. The van der Waals surface area contributed by atoms with Gasteiger partial charge in [0.25, 0.3) is 5.91 Å². The van der Waals surface area contributed by atoms with Crippen molar-refractivity contribution in [3.8, 4) is 17.1 Å². The third-order valence-corrected chi connectivity index (χ3v) is 5.49. The van der Waals surface area contributed by atoms with E-state index in [1.54, 1.807) is 30.9 Å². The summed E-state index contributed by atoms with van der Waals surface area (Å²) in [5, 5.41) is 12.4. The van der Waals surface area contributed by atoms with E-state index < -0.39 is 0 Å². The van der Waals surface area contributed by atoms with Crippen LogP contribution in [0, 0.1) is 6.92 Å². The molecule has 0 aliphatic carbocycles. The molecular formula is C24H23N7O. The molecule has 0 saturated carbocycles. The first-order chi connectivity index (χ1) is 15.7. The maximum atomic E-state index is 13.6. The van der Waals surface area contributed by atoms with Gasteiger partial charge >= 0.3 is 0 Å². The van der Waals surface area contributed by atoms with Crippen LogP contribution >= 0.6 is 0 Å². The topological polar surface area (TPSA) is 80.0 Å².